The third kappa shape index (κ3) is 4.73. The number of β-amino-alcohol motifs (C(OH)–C–C–N with tert-alkyl or cyclic N) is 1. The summed E-state index contributed by atoms with van der Waals surface area (Å²) in [5, 5.41) is 28.4. The van der Waals surface area contributed by atoms with Crippen LogP contribution >= 0.6 is 0 Å². The highest BCUT2D eigenvalue weighted by Gasteiger charge is 2.38. The molecule has 0 spiro atoms. The van der Waals surface area contributed by atoms with E-state index in [0.717, 1.165) is 23.5 Å². The van der Waals surface area contributed by atoms with Crippen molar-refractivity contribution in [2.75, 3.05) is 13.1 Å². The maximum atomic E-state index is 10.6. The molecule has 3 rings (SSSR count). The number of aliphatic carboxylic acids is 1. The number of alkyl halides is 3. The van der Waals surface area contributed by atoms with Crippen LogP contribution in [0.15, 0.2) is 24.7 Å². The van der Waals surface area contributed by atoms with Crippen LogP contribution in [0.25, 0.3) is 5.69 Å². The van der Waals surface area contributed by atoms with Crippen LogP contribution in [0.1, 0.15) is 17.2 Å². The van der Waals surface area contributed by atoms with Gasteiger partial charge in [0.15, 0.2) is 0 Å². The second-order valence-corrected chi connectivity index (χ2v) is 5.39. The fraction of sp³-hybridized carbons (Fsp3) is 0.429. The van der Waals surface area contributed by atoms with Gasteiger partial charge in [-0.3, -0.25) is 4.98 Å². The fourth-order valence-electron chi connectivity index (χ4n) is 2.23. The van der Waals surface area contributed by atoms with E-state index in [-0.39, 0.29) is 12.0 Å². The average Bonchev–Trinajstić information content (AvgIpc) is 3.16. The number of aliphatic hydroxyl groups excluding tert-OH is 1. The van der Waals surface area contributed by atoms with Crippen molar-refractivity contribution < 1.29 is 28.2 Å². The molecule has 136 valence electrons. The summed E-state index contributed by atoms with van der Waals surface area (Å²) in [5.41, 5.74) is 2.82. The van der Waals surface area contributed by atoms with Crippen LogP contribution in [-0.2, 0) is 4.79 Å². The molecule has 1 saturated heterocycles. The lowest BCUT2D eigenvalue weighted by atomic mass is 10.0. The topological polar surface area (TPSA) is 113 Å². The predicted molar refractivity (Wildman–Crippen MR) is 79.2 cm³/mol. The van der Waals surface area contributed by atoms with Gasteiger partial charge in [0.2, 0.25) is 0 Å². The van der Waals surface area contributed by atoms with Gasteiger partial charge in [0.1, 0.15) is 0 Å². The first-order valence-corrected chi connectivity index (χ1v) is 7.22. The number of aryl methyl sites for hydroxylation is 1. The smallest absolute Gasteiger partial charge is 0.475 e. The minimum absolute atomic E-state index is 0.0238. The number of hydrogen-bond acceptors (Lipinski definition) is 6. The number of carbonyl (C=O) groups is 1. The van der Waals surface area contributed by atoms with E-state index in [9.17, 15) is 18.3 Å². The second-order valence-electron chi connectivity index (χ2n) is 5.39. The number of pyridine rings is 1. The molecule has 1 aliphatic rings. The molecular weight excluding hydrogens is 343 g/mol. The molecule has 0 aromatic carbocycles. The Bertz CT molecular complexity index is 734. The van der Waals surface area contributed by atoms with Crippen LogP contribution < -0.4 is 5.32 Å². The Kier molecular flexibility index (Phi) is 5.69. The average molecular weight is 359 g/mol. The molecule has 1 aliphatic heterocycles. The molecule has 2 aromatic heterocycles. The number of aromatic nitrogens is 4. The quantitative estimate of drug-likeness (QED) is 0.722. The molecule has 0 bridgehead atoms. The van der Waals surface area contributed by atoms with Gasteiger partial charge in [-0.2, -0.15) is 13.2 Å². The van der Waals surface area contributed by atoms with Gasteiger partial charge in [-0.05, 0) is 18.6 Å². The van der Waals surface area contributed by atoms with Crippen molar-refractivity contribution >= 4 is 5.97 Å². The molecule has 11 heteroatoms. The summed E-state index contributed by atoms with van der Waals surface area (Å²) in [7, 11) is 0. The van der Waals surface area contributed by atoms with Gasteiger partial charge < -0.3 is 15.5 Å². The fourth-order valence-corrected chi connectivity index (χ4v) is 2.23. The van der Waals surface area contributed by atoms with Gasteiger partial charge in [-0.1, -0.05) is 5.21 Å². The first-order chi connectivity index (χ1) is 11.7. The van der Waals surface area contributed by atoms with Crippen molar-refractivity contribution in [1.29, 1.82) is 0 Å². The van der Waals surface area contributed by atoms with Crippen LogP contribution in [0.3, 0.4) is 0 Å². The standard InChI is InChI=1S/C12H15N5O.C2HF3O2/c1-8-2-3-13-5-11(8)17-7-10(15-16-17)9-4-14-6-12(9)18;3-2(4,5)1(6)7/h2-3,5,7,9,12,14,18H,4,6H2,1H3;(H,6,7)/t9-,12+;/m0./s1. The van der Waals surface area contributed by atoms with Crippen LogP contribution in [0, 0.1) is 6.92 Å². The van der Waals surface area contributed by atoms with Crippen molar-refractivity contribution in [3.05, 3.63) is 35.9 Å². The van der Waals surface area contributed by atoms with E-state index in [4.69, 9.17) is 9.90 Å². The maximum absolute atomic E-state index is 10.6. The van der Waals surface area contributed by atoms with Crippen LogP contribution in [0.2, 0.25) is 0 Å². The van der Waals surface area contributed by atoms with Gasteiger partial charge in [0.25, 0.3) is 0 Å². The predicted octanol–water partition coefficient (Wildman–Crippen LogP) is 0.652. The molecule has 0 unspecified atom stereocenters. The highest BCUT2D eigenvalue weighted by Crippen LogP contribution is 2.21. The zero-order valence-electron chi connectivity index (χ0n) is 13.1. The van der Waals surface area contributed by atoms with Crippen molar-refractivity contribution in [1.82, 2.24) is 25.3 Å². The number of nitrogens with zero attached hydrogens (tertiary/aromatic N) is 4. The van der Waals surface area contributed by atoms with E-state index >= 15 is 0 Å². The lowest BCUT2D eigenvalue weighted by Crippen LogP contribution is -2.21. The van der Waals surface area contributed by atoms with Gasteiger partial charge in [0, 0.05) is 25.2 Å². The number of nitrogens with one attached hydrogen (secondary N) is 1. The summed E-state index contributed by atoms with van der Waals surface area (Å²) in [6.45, 7) is 3.36. The normalized spacial score (nSPS) is 20.0. The first kappa shape index (κ1) is 18.8. The van der Waals surface area contributed by atoms with Crippen LogP contribution in [0.4, 0.5) is 13.2 Å². The molecule has 2 aromatic rings. The molecule has 0 saturated carbocycles. The van der Waals surface area contributed by atoms with Gasteiger partial charge in [-0.15, -0.1) is 5.10 Å². The van der Waals surface area contributed by atoms with Crippen LogP contribution in [-0.4, -0.2) is 61.5 Å². The van der Waals surface area contributed by atoms with E-state index < -0.39 is 12.1 Å². The Balaban J connectivity index is 0.000000277. The van der Waals surface area contributed by atoms with E-state index in [2.05, 4.69) is 20.6 Å². The van der Waals surface area contributed by atoms with Gasteiger partial charge >= 0.3 is 12.1 Å². The Morgan fingerprint density at radius 1 is 1.40 bits per heavy atom. The Labute approximate surface area is 140 Å². The zero-order valence-corrected chi connectivity index (χ0v) is 13.1. The van der Waals surface area contributed by atoms with Crippen molar-refractivity contribution in [3.8, 4) is 5.69 Å². The third-order valence-electron chi connectivity index (χ3n) is 3.57. The molecule has 0 radical (unpaired) electrons. The minimum Gasteiger partial charge on any atom is -0.475 e. The lowest BCUT2D eigenvalue weighted by molar-refractivity contribution is -0.192. The van der Waals surface area contributed by atoms with Gasteiger partial charge in [0.05, 0.1) is 29.9 Å². The molecule has 8 nitrogen and oxygen atoms in total. The molecule has 2 atom stereocenters. The molecule has 3 N–H and O–H groups in total. The van der Waals surface area contributed by atoms with E-state index in [1.165, 1.54) is 0 Å². The summed E-state index contributed by atoms with van der Waals surface area (Å²) in [5.74, 6) is -2.73. The van der Waals surface area contributed by atoms with Crippen molar-refractivity contribution in [2.24, 2.45) is 0 Å². The summed E-state index contributed by atoms with van der Waals surface area (Å²) in [6, 6.07) is 1.93. The number of carboxylic acids is 1. The Morgan fingerprint density at radius 3 is 2.60 bits per heavy atom. The van der Waals surface area contributed by atoms with E-state index in [1.807, 2.05) is 19.2 Å². The summed E-state index contributed by atoms with van der Waals surface area (Å²) in [4.78, 5) is 13.0. The largest absolute Gasteiger partial charge is 0.490 e. The summed E-state index contributed by atoms with van der Waals surface area (Å²) < 4.78 is 33.4. The zero-order chi connectivity index (χ0) is 18.6. The minimum atomic E-state index is -5.08. The van der Waals surface area contributed by atoms with Gasteiger partial charge in [-0.25, -0.2) is 9.48 Å². The highest BCUT2D eigenvalue weighted by atomic mass is 19.4. The number of carboxylic acid groups (broad SMARTS) is 1. The number of hydrogen-bond donors (Lipinski definition) is 3. The number of rotatable bonds is 2. The Morgan fingerprint density at radius 2 is 2.08 bits per heavy atom. The highest BCUT2D eigenvalue weighted by molar-refractivity contribution is 5.73. The maximum Gasteiger partial charge on any atom is 0.490 e. The number of halogens is 3. The third-order valence-corrected chi connectivity index (χ3v) is 3.57. The molecule has 3 heterocycles. The van der Waals surface area contributed by atoms with E-state index in [0.29, 0.717) is 6.54 Å². The lowest BCUT2D eigenvalue weighted by Gasteiger charge is -2.08. The first-order valence-electron chi connectivity index (χ1n) is 7.22. The molecule has 25 heavy (non-hydrogen) atoms. The molecule has 0 aliphatic carbocycles. The summed E-state index contributed by atoms with van der Waals surface area (Å²) >= 11 is 0. The molecule has 0 amide bonds. The second kappa shape index (κ2) is 7.57. The monoisotopic (exact) mass is 359 g/mol. The number of aliphatic hydroxyl groups is 1. The summed E-state index contributed by atoms with van der Waals surface area (Å²) in [6.07, 6.45) is -0.0891. The molecule has 1 fully saturated rings. The van der Waals surface area contributed by atoms with Crippen LogP contribution in [0.5, 0.6) is 0 Å². The van der Waals surface area contributed by atoms with Crippen molar-refractivity contribution in [2.45, 2.75) is 25.1 Å². The SMILES string of the molecule is Cc1ccncc1-n1cc([C@@H]2CNC[C@H]2O)nn1.O=C(O)C(F)(F)F. The van der Waals surface area contributed by atoms with Crippen molar-refractivity contribution in [3.63, 3.8) is 0 Å². The van der Waals surface area contributed by atoms with E-state index in [1.54, 1.807) is 17.1 Å². The molecular formula is C14H16F3N5O3. The Hall–Kier alpha value is -2.53.